The molecule has 0 radical (unpaired) electrons. The number of hydrogen-bond donors (Lipinski definition) is 10. The molecule has 0 bridgehead atoms. The van der Waals surface area contributed by atoms with E-state index in [1.165, 1.54) is 0 Å². The number of carbonyl (C=O) groups excluding carboxylic acids is 3. The highest BCUT2D eigenvalue weighted by atomic mass is 16.4. The van der Waals surface area contributed by atoms with E-state index in [-0.39, 0.29) is 90.7 Å². The van der Waals surface area contributed by atoms with Crippen LogP contribution in [-0.4, -0.2) is 208 Å². The zero-order valence-electron chi connectivity index (χ0n) is 30.7. The normalized spacial score (nSPS) is 16.3. The molecule has 0 spiro atoms. The van der Waals surface area contributed by atoms with Crippen LogP contribution >= 0.6 is 0 Å². The number of rotatable bonds is 24. The Balaban J connectivity index is 2.51. The molecule has 0 aromatic heterocycles. The number of hydrogen-bond acceptors (Lipinski definition) is 13. The second-order valence-corrected chi connectivity index (χ2v) is 12.9. The minimum Gasteiger partial charge on any atom is -0.481 e. The van der Waals surface area contributed by atoms with Crippen molar-refractivity contribution in [3.05, 3.63) is 0 Å². The van der Waals surface area contributed by atoms with Gasteiger partial charge in [-0.15, -0.1) is 0 Å². The van der Waals surface area contributed by atoms with Crippen LogP contribution in [0.5, 0.6) is 0 Å². The lowest BCUT2D eigenvalue weighted by Gasteiger charge is -2.32. The van der Waals surface area contributed by atoms with E-state index in [0.717, 1.165) is 0 Å². The van der Waals surface area contributed by atoms with Gasteiger partial charge in [-0.2, -0.15) is 0 Å². The molecule has 23 nitrogen and oxygen atoms in total. The number of carbonyl (C=O) groups is 9. The largest absolute Gasteiger partial charge is 0.481 e. The van der Waals surface area contributed by atoms with Crippen LogP contribution in [0.2, 0.25) is 0 Å². The predicted octanol–water partition coefficient (Wildman–Crippen LogP) is -3.28. The van der Waals surface area contributed by atoms with Crippen molar-refractivity contribution < 1.29 is 73.8 Å². The van der Waals surface area contributed by atoms with Gasteiger partial charge in [0.15, 0.2) is 0 Å². The highest BCUT2D eigenvalue weighted by molar-refractivity contribution is 5.87. The van der Waals surface area contributed by atoms with Crippen LogP contribution in [-0.2, 0) is 38.4 Å². The maximum Gasteiger partial charge on any atom is 0.326 e. The second kappa shape index (κ2) is 26.6. The number of carboxylic acids is 6. The molecule has 55 heavy (non-hydrogen) atoms. The molecule has 1 fully saturated rings. The third-order valence-electron chi connectivity index (χ3n) is 8.39. The summed E-state index contributed by atoms with van der Waals surface area (Å²) in [6.07, 6.45) is 0.189. The highest BCUT2D eigenvalue weighted by Gasteiger charge is 2.26. The van der Waals surface area contributed by atoms with Crippen molar-refractivity contribution >= 4 is 53.7 Å². The van der Waals surface area contributed by atoms with Crippen molar-refractivity contribution in [2.45, 2.75) is 57.0 Å². The first-order valence-corrected chi connectivity index (χ1v) is 17.8. The Morgan fingerprint density at radius 1 is 0.436 bits per heavy atom. The van der Waals surface area contributed by atoms with Crippen LogP contribution in [0.3, 0.4) is 0 Å². The molecular weight excluding hydrogens is 736 g/mol. The van der Waals surface area contributed by atoms with E-state index >= 15 is 0 Å². The lowest BCUT2D eigenvalue weighted by molar-refractivity contribution is -0.141. The van der Waals surface area contributed by atoms with Crippen LogP contribution in [0.4, 0.5) is 4.79 Å². The summed E-state index contributed by atoms with van der Waals surface area (Å²) in [5, 5.41) is 64.8. The minimum absolute atomic E-state index is 0.0261. The fourth-order valence-electron chi connectivity index (χ4n) is 5.43. The number of nitrogens with one attached hydrogen (secondary N) is 4. The summed E-state index contributed by atoms with van der Waals surface area (Å²) in [6, 6.07) is -4.23. The van der Waals surface area contributed by atoms with Crippen LogP contribution < -0.4 is 21.3 Å². The smallest absolute Gasteiger partial charge is 0.326 e. The van der Waals surface area contributed by atoms with Gasteiger partial charge in [0.1, 0.15) is 12.1 Å². The summed E-state index contributed by atoms with van der Waals surface area (Å²) in [5.74, 6) is -8.18. The fraction of sp³-hybridized carbons (Fsp3) is 0.719. The van der Waals surface area contributed by atoms with E-state index in [1.807, 2.05) is 5.32 Å². The number of unbranched alkanes of at least 4 members (excludes halogenated alkanes) is 2. The quantitative estimate of drug-likeness (QED) is 0.0428. The average Bonchev–Trinajstić information content (AvgIpc) is 3.08. The van der Waals surface area contributed by atoms with E-state index in [2.05, 4.69) is 16.0 Å². The zero-order chi connectivity index (χ0) is 41.3. The van der Waals surface area contributed by atoms with Gasteiger partial charge in [-0.05, 0) is 32.1 Å². The molecule has 1 rings (SSSR count). The van der Waals surface area contributed by atoms with Gasteiger partial charge in [0.2, 0.25) is 11.8 Å². The average molecular weight is 791 g/mol. The van der Waals surface area contributed by atoms with Crippen molar-refractivity contribution in [3.63, 3.8) is 0 Å². The monoisotopic (exact) mass is 790 g/mol. The summed E-state index contributed by atoms with van der Waals surface area (Å²) in [6.45, 7) is 1.90. The molecule has 0 saturated carbocycles. The molecule has 1 saturated heterocycles. The van der Waals surface area contributed by atoms with Gasteiger partial charge in [0.05, 0.1) is 26.2 Å². The first-order valence-electron chi connectivity index (χ1n) is 17.8. The van der Waals surface area contributed by atoms with Crippen LogP contribution in [0.15, 0.2) is 0 Å². The molecule has 4 amide bonds. The van der Waals surface area contributed by atoms with Crippen molar-refractivity contribution in [1.29, 1.82) is 0 Å². The molecule has 0 unspecified atom stereocenters. The molecule has 2 atom stereocenters. The van der Waals surface area contributed by atoms with Crippen molar-refractivity contribution in [2.75, 3.05) is 91.6 Å². The maximum atomic E-state index is 12.8. The van der Waals surface area contributed by atoms with E-state index in [1.54, 1.807) is 19.6 Å². The predicted molar refractivity (Wildman–Crippen MR) is 189 cm³/mol. The lowest BCUT2D eigenvalue weighted by atomic mass is 10.1. The van der Waals surface area contributed by atoms with Crippen LogP contribution in [0, 0.1) is 0 Å². The molecule has 0 aliphatic carbocycles. The second-order valence-electron chi connectivity index (χ2n) is 12.9. The first-order chi connectivity index (χ1) is 25.9. The number of urea groups is 1. The highest BCUT2D eigenvalue weighted by Crippen LogP contribution is 2.04. The zero-order valence-corrected chi connectivity index (χ0v) is 30.7. The van der Waals surface area contributed by atoms with E-state index in [4.69, 9.17) is 10.2 Å². The summed E-state index contributed by atoms with van der Waals surface area (Å²) >= 11 is 0. The van der Waals surface area contributed by atoms with Gasteiger partial charge in [0, 0.05) is 78.3 Å². The third-order valence-corrected chi connectivity index (χ3v) is 8.39. The Labute approximate surface area is 317 Å². The Morgan fingerprint density at radius 3 is 1.13 bits per heavy atom. The Bertz CT molecular complexity index is 1290. The molecule has 312 valence electrons. The Kier molecular flexibility index (Phi) is 23.2. The molecule has 1 aliphatic rings. The van der Waals surface area contributed by atoms with Gasteiger partial charge in [0.25, 0.3) is 0 Å². The molecule has 1 aliphatic heterocycles. The topological polar surface area (TPSA) is 336 Å². The van der Waals surface area contributed by atoms with E-state index in [9.17, 15) is 63.6 Å². The molecule has 0 aromatic carbocycles. The molecular formula is C32H54N8O15. The SMILES string of the molecule is O=C(O)CC[C@H](NC(=O)N[C@@H](CCC(=O)NCCCCCNC(=O)CN1CCN(CC(=O)O)CCN(CC(=O)O)CCN(CC(=O)O)CC1)C(=O)O)C(=O)O. The van der Waals surface area contributed by atoms with Crippen molar-refractivity contribution in [2.24, 2.45) is 0 Å². The van der Waals surface area contributed by atoms with Gasteiger partial charge in [-0.3, -0.25) is 48.4 Å². The van der Waals surface area contributed by atoms with Gasteiger partial charge >= 0.3 is 41.8 Å². The van der Waals surface area contributed by atoms with Gasteiger partial charge in [-0.25, -0.2) is 14.4 Å². The maximum absolute atomic E-state index is 12.8. The number of aliphatic carboxylic acids is 6. The fourth-order valence-corrected chi connectivity index (χ4v) is 5.43. The standard InChI is InChI=1S/C32H54N8O15/c41-24(6-4-22(30(51)52)35-32(55)36-23(31(53)54)5-7-26(43)44)33-8-2-1-3-9-34-25(42)18-37-10-12-38(19-27(45)46)14-16-40(21-29(49)50)17-15-39(13-11-37)20-28(47)48/h22-23H,1-21H2,(H,33,41)(H,34,42)(H,43,44)(H,45,46)(H,47,48)(H,49,50)(H,51,52)(H,53,54)(H2,35,36,55)/t22-,23-/m0/s1. The Hall–Kier alpha value is -5.13. The third kappa shape index (κ3) is 24.0. The van der Waals surface area contributed by atoms with Crippen LogP contribution in [0.1, 0.15) is 44.9 Å². The molecule has 1 heterocycles. The van der Waals surface area contributed by atoms with Crippen molar-refractivity contribution in [3.8, 4) is 0 Å². The van der Waals surface area contributed by atoms with Crippen molar-refractivity contribution in [1.82, 2.24) is 40.9 Å². The first kappa shape index (κ1) is 47.9. The van der Waals surface area contributed by atoms with Gasteiger partial charge < -0.3 is 51.9 Å². The van der Waals surface area contributed by atoms with Gasteiger partial charge in [-0.1, -0.05) is 0 Å². The molecule has 0 aromatic rings. The minimum atomic E-state index is -1.56. The summed E-state index contributed by atoms with van der Waals surface area (Å²) in [7, 11) is 0. The molecule has 23 heteroatoms. The van der Waals surface area contributed by atoms with E-state index < -0.39 is 72.7 Å². The summed E-state index contributed by atoms with van der Waals surface area (Å²) in [4.78, 5) is 112. The summed E-state index contributed by atoms with van der Waals surface area (Å²) in [5.41, 5.74) is 0. The molecule has 10 N–H and O–H groups in total. The Morgan fingerprint density at radius 2 is 0.782 bits per heavy atom. The van der Waals surface area contributed by atoms with Crippen LogP contribution in [0.25, 0.3) is 0 Å². The summed E-state index contributed by atoms with van der Waals surface area (Å²) < 4.78 is 0. The number of amides is 4. The number of nitrogens with zero attached hydrogens (tertiary/aromatic N) is 4. The number of carboxylic acid groups (broad SMARTS) is 6. The lowest BCUT2D eigenvalue weighted by Crippen LogP contribution is -2.51. The van der Waals surface area contributed by atoms with E-state index in [0.29, 0.717) is 38.9 Å².